The molecule has 2 N–H and O–H groups in total. The molecule has 0 aliphatic carbocycles. The number of amides is 1. The predicted molar refractivity (Wildman–Crippen MR) is 63.7 cm³/mol. The maximum Gasteiger partial charge on any atom is 0.225 e. The van der Waals surface area contributed by atoms with Crippen molar-refractivity contribution in [1.29, 1.82) is 0 Å². The first-order chi connectivity index (χ1) is 8.40. The molecule has 1 aromatic carbocycles. The van der Waals surface area contributed by atoms with Crippen LogP contribution in [0.25, 0.3) is 0 Å². The van der Waals surface area contributed by atoms with Gasteiger partial charge < -0.3 is 10.6 Å². The number of hydrogen-bond acceptors (Lipinski definition) is 2. The molecule has 18 heavy (non-hydrogen) atoms. The molecule has 1 aliphatic rings. The third-order valence-electron chi connectivity index (χ3n) is 3.19. The highest BCUT2D eigenvalue weighted by molar-refractivity contribution is 5.80. The largest absolute Gasteiger partial charge is 0.332 e. The van der Waals surface area contributed by atoms with Crippen molar-refractivity contribution < 1.29 is 13.6 Å². The zero-order valence-electron chi connectivity index (χ0n) is 10.4. The third kappa shape index (κ3) is 2.22. The van der Waals surface area contributed by atoms with Crippen LogP contribution in [0.1, 0.15) is 31.9 Å². The van der Waals surface area contributed by atoms with Gasteiger partial charge in [0.2, 0.25) is 5.91 Å². The fraction of sp³-hybridized carbons (Fsp3) is 0.462. The van der Waals surface area contributed by atoms with E-state index in [1.807, 2.05) is 13.8 Å². The van der Waals surface area contributed by atoms with Crippen LogP contribution in [-0.4, -0.2) is 22.9 Å². The molecular weight excluding hydrogens is 238 g/mol. The average molecular weight is 254 g/mol. The Hall–Kier alpha value is -1.49. The molecule has 0 radical (unpaired) electrons. The van der Waals surface area contributed by atoms with Gasteiger partial charge >= 0.3 is 0 Å². The van der Waals surface area contributed by atoms with Gasteiger partial charge in [-0.05, 0) is 31.5 Å². The van der Waals surface area contributed by atoms with Gasteiger partial charge in [0.05, 0.1) is 6.04 Å². The van der Waals surface area contributed by atoms with Crippen molar-refractivity contribution in [3.8, 4) is 0 Å². The fourth-order valence-electron chi connectivity index (χ4n) is 2.54. The average Bonchev–Trinajstić information content (AvgIpc) is 2.51. The summed E-state index contributed by atoms with van der Waals surface area (Å²) in [6.07, 6.45) is 0.209. The van der Waals surface area contributed by atoms with E-state index in [9.17, 15) is 13.6 Å². The third-order valence-corrected chi connectivity index (χ3v) is 3.19. The van der Waals surface area contributed by atoms with E-state index < -0.39 is 23.7 Å². The van der Waals surface area contributed by atoms with E-state index in [2.05, 4.69) is 0 Å². The zero-order chi connectivity index (χ0) is 13.4. The molecule has 1 fully saturated rings. The summed E-state index contributed by atoms with van der Waals surface area (Å²) in [5, 5.41) is 0. The Bertz CT molecular complexity index is 456. The lowest BCUT2D eigenvalue weighted by Gasteiger charge is -2.30. The number of likely N-dealkylation sites (tertiary alicyclic amines) is 1. The lowest BCUT2D eigenvalue weighted by Crippen LogP contribution is -2.37. The monoisotopic (exact) mass is 254 g/mol. The zero-order valence-corrected chi connectivity index (χ0v) is 10.4. The molecule has 0 saturated carbocycles. The summed E-state index contributed by atoms with van der Waals surface area (Å²) in [7, 11) is 0. The normalized spacial score (nSPS) is 24.1. The van der Waals surface area contributed by atoms with Crippen LogP contribution in [0.4, 0.5) is 8.78 Å². The standard InChI is InChI=1S/C13H16F2N2O/c1-7(2)17-12(18)6-11(16)13(17)8-3-9(14)5-10(15)4-8/h3-5,7,11,13H,6,16H2,1-2H3/t11-,13+/m0/s1. The second-order valence-corrected chi connectivity index (χ2v) is 4.91. The van der Waals surface area contributed by atoms with Crippen LogP contribution in [0.3, 0.4) is 0 Å². The molecule has 2 rings (SSSR count). The quantitative estimate of drug-likeness (QED) is 0.877. The van der Waals surface area contributed by atoms with E-state index in [1.54, 1.807) is 4.90 Å². The van der Waals surface area contributed by atoms with Crippen molar-refractivity contribution >= 4 is 5.91 Å². The van der Waals surface area contributed by atoms with Crippen molar-refractivity contribution in [2.24, 2.45) is 5.73 Å². The first kappa shape index (κ1) is 13.0. The van der Waals surface area contributed by atoms with E-state index in [0.717, 1.165) is 6.07 Å². The van der Waals surface area contributed by atoms with E-state index in [0.29, 0.717) is 5.56 Å². The molecule has 5 heteroatoms. The molecule has 0 bridgehead atoms. The minimum Gasteiger partial charge on any atom is -0.332 e. The van der Waals surface area contributed by atoms with Crippen LogP contribution >= 0.6 is 0 Å². The number of rotatable bonds is 2. The van der Waals surface area contributed by atoms with Gasteiger partial charge in [0.1, 0.15) is 11.6 Å². The Labute approximate surface area is 105 Å². The second kappa shape index (κ2) is 4.65. The lowest BCUT2D eigenvalue weighted by atomic mass is 10.00. The molecule has 3 nitrogen and oxygen atoms in total. The molecule has 1 aliphatic heterocycles. The predicted octanol–water partition coefficient (Wildman–Crippen LogP) is 1.97. The summed E-state index contributed by atoms with van der Waals surface area (Å²) in [6.45, 7) is 3.72. The molecule has 1 heterocycles. The smallest absolute Gasteiger partial charge is 0.225 e. The Morgan fingerprint density at radius 1 is 1.28 bits per heavy atom. The molecule has 1 amide bonds. The second-order valence-electron chi connectivity index (χ2n) is 4.91. The van der Waals surface area contributed by atoms with E-state index in [4.69, 9.17) is 5.73 Å². The number of nitrogens with two attached hydrogens (primary N) is 1. The van der Waals surface area contributed by atoms with Crippen LogP contribution in [-0.2, 0) is 4.79 Å². The summed E-state index contributed by atoms with van der Waals surface area (Å²) >= 11 is 0. The van der Waals surface area contributed by atoms with Crippen LogP contribution in [0.15, 0.2) is 18.2 Å². The first-order valence-corrected chi connectivity index (χ1v) is 5.93. The van der Waals surface area contributed by atoms with Crippen LogP contribution < -0.4 is 5.73 Å². The number of hydrogen-bond donors (Lipinski definition) is 1. The van der Waals surface area contributed by atoms with Gasteiger partial charge in [-0.2, -0.15) is 0 Å². The van der Waals surface area contributed by atoms with Crippen LogP contribution in [0, 0.1) is 11.6 Å². The van der Waals surface area contributed by atoms with Gasteiger partial charge in [-0.15, -0.1) is 0 Å². The number of nitrogens with zero attached hydrogens (tertiary/aromatic N) is 1. The number of benzene rings is 1. The van der Waals surface area contributed by atoms with Crippen LogP contribution in [0.2, 0.25) is 0 Å². The van der Waals surface area contributed by atoms with E-state index >= 15 is 0 Å². The number of halogens is 2. The molecule has 0 spiro atoms. The Kier molecular flexibility index (Phi) is 3.34. The van der Waals surface area contributed by atoms with Crippen molar-refractivity contribution in [2.45, 2.75) is 38.4 Å². The minimum atomic E-state index is -0.653. The number of carbonyl (C=O) groups excluding carboxylic acids is 1. The number of carbonyl (C=O) groups is 1. The maximum absolute atomic E-state index is 13.2. The summed E-state index contributed by atoms with van der Waals surface area (Å²) in [4.78, 5) is 13.4. The van der Waals surface area contributed by atoms with Gasteiger partial charge in [0, 0.05) is 24.6 Å². The van der Waals surface area contributed by atoms with Gasteiger partial charge in [0.15, 0.2) is 0 Å². The Morgan fingerprint density at radius 2 is 1.83 bits per heavy atom. The van der Waals surface area contributed by atoms with Crippen molar-refractivity contribution in [1.82, 2.24) is 4.90 Å². The highest BCUT2D eigenvalue weighted by Gasteiger charge is 2.40. The first-order valence-electron chi connectivity index (χ1n) is 5.93. The van der Waals surface area contributed by atoms with Crippen molar-refractivity contribution in [2.75, 3.05) is 0 Å². The Morgan fingerprint density at radius 3 is 2.33 bits per heavy atom. The molecule has 0 unspecified atom stereocenters. The summed E-state index contributed by atoms with van der Waals surface area (Å²) in [6, 6.07) is 2.35. The van der Waals surface area contributed by atoms with E-state index in [1.165, 1.54) is 12.1 Å². The molecular formula is C13H16F2N2O. The highest BCUT2D eigenvalue weighted by Crippen LogP contribution is 2.34. The molecule has 2 atom stereocenters. The van der Waals surface area contributed by atoms with Gasteiger partial charge in [-0.3, -0.25) is 4.79 Å². The molecule has 98 valence electrons. The topological polar surface area (TPSA) is 46.3 Å². The molecule has 0 aromatic heterocycles. The fourth-order valence-corrected chi connectivity index (χ4v) is 2.54. The SMILES string of the molecule is CC(C)N1C(=O)C[C@H](N)[C@H]1c1cc(F)cc(F)c1. The van der Waals surface area contributed by atoms with Gasteiger partial charge in [-0.1, -0.05) is 0 Å². The summed E-state index contributed by atoms with van der Waals surface area (Å²) in [5.41, 5.74) is 6.34. The summed E-state index contributed by atoms with van der Waals surface area (Å²) < 4.78 is 26.5. The lowest BCUT2D eigenvalue weighted by molar-refractivity contribution is -0.130. The van der Waals surface area contributed by atoms with Crippen molar-refractivity contribution in [3.63, 3.8) is 0 Å². The van der Waals surface area contributed by atoms with Gasteiger partial charge in [-0.25, -0.2) is 8.78 Å². The Balaban J connectivity index is 2.43. The maximum atomic E-state index is 13.2. The van der Waals surface area contributed by atoms with Crippen molar-refractivity contribution in [3.05, 3.63) is 35.4 Å². The minimum absolute atomic E-state index is 0.0534. The van der Waals surface area contributed by atoms with Crippen LogP contribution in [0.5, 0.6) is 0 Å². The molecule has 1 aromatic rings. The highest BCUT2D eigenvalue weighted by atomic mass is 19.1. The van der Waals surface area contributed by atoms with E-state index in [-0.39, 0.29) is 18.4 Å². The molecule has 1 saturated heterocycles. The van der Waals surface area contributed by atoms with Gasteiger partial charge in [0.25, 0.3) is 0 Å². The summed E-state index contributed by atoms with van der Waals surface area (Å²) in [5.74, 6) is -1.38.